The Morgan fingerprint density at radius 3 is 1.48 bits per heavy atom. The highest BCUT2D eigenvalue weighted by Gasteiger charge is 2.18. The highest BCUT2D eigenvalue weighted by molar-refractivity contribution is 7.33. The molecule has 0 amide bonds. The Labute approximate surface area is 239 Å². The Morgan fingerprint density at radius 1 is 0.325 bits per heavy atom. The third kappa shape index (κ3) is 3.24. The van der Waals surface area contributed by atoms with Gasteiger partial charge in [-0.1, -0.05) is 115 Å². The average molecular weight is 543 g/mol. The van der Waals surface area contributed by atoms with E-state index in [4.69, 9.17) is 0 Å². The van der Waals surface area contributed by atoms with Gasteiger partial charge in [0.05, 0.1) is 9.40 Å². The van der Waals surface area contributed by atoms with E-state index >= 15 is 0 Å². The molecule has 0 saturated carbocycles. The number of rotatable bonds is 2. The zero-order chi connectivity index (χ0) is 26.2. The van der Waals surface area contributed by atoms with Crippen LogP contribution in [0.2, 0.25) is 0 Å². The molecule has 0 saturated heterocycles. The van der Waals surface area contributed by atoms with E-state index in [9.17, 15) is 0 Å². The summed E-state index contributed by atoms with van der Waals surface area (Å²) in [5.74, 6) is 0. The first-order chi connectivity index (χ1) is 19.8. The van der Waals surface area contributed by atoms with Gasteiger partial charge >= 0.3 is 0 Å². The van der Waals surface area contributed by atoms with Crippen LogP contribution in [0.5, 0.6) is 0 Å². The quantitative estimate of drug-likeness (QED) is 0.204. The number of hydrogen-bond donors (Lipinski definition) is 0. The van der Waals surface area contributed by atoms with E-state index in [1.54, 1.807) is 0 Å². The molecule has 2 heteroatoms. The van der Waals surface area contributed by atoms with E-state index in [0.29, 0.717) is 0 Å². The predicted molar refractivity (Wildman–Crippen MR) is 178 cm³/mol. The molecule has 0 atom stereocenters. The lowest BCUT2D eigenvalue weighted by molar-refractivity contribution is 1.66. The van der Waals surface area contributed by atoms with Crippen molar-refractivity contribution in [2.24, 2.45) is 0 Å². The van der Waals surface area contributed by atoms with Gasteiger partial charge in [0, 0.05) is 30.9 Å². The monoisotopic (exact) mass is 542 g/mol. The van der Waals surface area contributed by atoms with Crippen molar-refractivity contribution in [3.63, 3.8) is 0 Å². The molecule has 2 aromatic heterocycles. The minimum atomic E-state index is 1.26. The van der Waals surface area contributed by atoms with Crippen LogP contribution in [-0.2, 0) is 0 Å². The summed E-state index contributed by atoms with van der Waals surface area (Å²) in [5, 5.41) is 10.8. The Kier molecular flexibility index (Phi) is 4.74. The van der Waals surface area contributed by atoms with Gasteiger partial charge in [-0.25, -0.2) is 0 Å². The van der Waals surface area contributed by atoms with Crippen LogP contribution in [0.1, 0.15) is 0 Å². The molecule has 0 fully saturated rings. The number of hydrogen-bond acceptors (Lipinski definition) is 2. The smallest absolute Gasteiger partial charge is 0.0540 e. The molecule has 9 rings (SSSR count). The van der Waals surface area contributed by atoms with Crippen molar-refractivity contribution >= 4 is 84.6 Å². The van der Waals surface area contributed by atoms with Gasteiger partial charge in [-0.3, -0.25) is 0 Å². The van der Waals surface area contributed by atoms with Crippen LogP contribution in [0.15, 0.2) is 133 Å². The van der Waals surface area contributed by atoms with E-state index < -0.39 is 0 Å². The minimum absolute atomic E-state index is 1.26. The lowest BCUT2D eigenvalue weighted by atomic mass is 9.97. The zero-order valence-electron chi connectivity index (χ0n) is 21.5. The molecular weight excluding hydrogens is 521 g/mol. The van der Waals surface area contributed by atoms with E-state index in [1.807, 2.05) is 22.7 Å². The van der Waals surface area contributed by atoms with Crippen molar-refractivity contribution in [2.45, 2.75) is 0 Å². The first-order valence-electron chi connectivity index (χ1n) is 13.6. The third-order valence-electron chi connectivity index (χ3n) is 8.24. The van der Waals surface area contributed by atoms with Gasteiger partial charge in [0.25, 0.3) is 0 Å². The fourth-order valence-electron chi connectivity index (χ4n) is 6.33. The molecule has 40 heavy (non-hydrogen) atoms. The first kappa shape index (κ1) is 22.3. The summed E-state index contributed by atoms with van der Waals surface area (Å²) in [6.07, 6.45) is 0. The van der Waals surface area contributed by atoms with Gasteiger partial charge in [-0.15, -0.1) is 22.7 Å². The van der Waals surface area contributed by atoms with Crippen LogP contribution in [-0.4, -0.2) is 0 Å². The second kappa shape index (κ2) is 8.50. The average Bonchev–Trinajstić information content (AvgIpc) is 3.60. The van der Waals surface area contributed by atoms with Crippen molar-refractivity contribution in [3.05, 3.63) is 133 Å². The minimum Gasteiger partial charge on any atom is -0.134 e. The summed E-state index contributed by atoms with van der Waals surface area (Å²) in [6.45, 7) is 0. The number of benzene rings is 7. The largest absolute Gasteiger partial charge is 0.134 e. The summed E-state index contributed by atoms with van der Waals surface area (Å²) in [7, 11) is 0. The number of thiophene rings is 2. The van der Waals surface area contributed by atoms with Gasteiger partial charge in [0.2, 0.25) is 0 Å². The highest BCUT2D eigenvalue weighted by Crippen LogP contribution is 2.50. The summed E-state index contributed by atoms with van der Waals surface area (Å²) < 4.78 is 5.51. The predicted octanol–water partition coefficient (Wildman–Crippen LogP) is 12.1. The molecule has 0 bridgehead atoms. The molecule has 0 aliphatic carbocycles. The van der Waals surface area contributed by atoms with Crippen molar-refractivity contribution in [1.29, 1.82) is 0 Å². The van der Waals surface area contributed by atoms with Crippen LogP contribution in [0.3, 0.4) is 0 Å². The Hall–Kier alpha value is -4.50. The zero-order valence-corrected chi connectivity index (χ0v) is 23.2. The fraction of sp³-hybridized carbons (Fsp3) is 0. The molecule has 0 N–H and O–H groups in total. The number of fused-ring (bicyclic) bond motifs is 11. The van der Waals surface area contributed by atoms with Crippen LogP contribution < -0.4 is 0 Å². The van der Waals surface area contributed by atoms with Gasteiger partial charge in [-0.2, -0.15) is 0 Å². The molecule has 186 valence electrons. The second-order valence-electron chi connectivity index (χ2n) is 10.5. The lowest BCUT2D eigenvalue weighted by Crippen LogP contribution is -1.80. The van der Waals surface area contributed by atoms with Crippen molar-refractivity contribution in [3.8, 4) is 22.3 Å². The Balaban J connectivity index is 1.33. The van der Waals surface area contributed by atoms with Gasteiger partial charge in [0.15, 0.2) is 0 Å². The van der Waals surface area contributed by atoms with E-state index in [1.165, 1.54) is 84.1 Å². The molecule has 0 aliphatic heterocycles. The molecule has 0 aliphatic rings. The normalized spacial score (nSPS) is 12.0. The SMILES string of the molecule is c1ccc(-c2ccc3c(c2)sc2c4sc5cc(-c6ccc7ccccc7c6)ccc5c4c4ccccc4c32)cc1. The fourth-order valence-corrected chi connectivity index (χ4v) is 8.98. The molecule has 9 aromatic rings. The molecule has 2 heterocycles. The Morgan fingerprint density at radius 2 is 0.825 bits per heavy atom. The summed E-state index contributed by atoms with van der Waals surface area (Å²) in [5.41, 5.74) is 5.08. The first-order valence-corrected chi connectivity index (χ1v) is 15.2. The summed E-state index contributed by atoms with van der Waals surface area (Å²) in [4.78, 5) is 0. The molecule has 0 radical (unpaired) electrons. The molecular formula is C38H22S2. The van der Waals surface area contributed by atoms with Crippen molar-refractivity contribution < 1.29 is 0 Å². The molecule has 7 aromatic carbocycles. The van der Waals surface area contributed by atoms with Gasteiger partial charge in [-0.05, 0) is 62.0 Å². The molecule has 0 spiro atoms. The van der Waals surface area contributed by atoms with Crippen molar-refractivity contribution in [2.75, 3.05) is 0 Å². The van der Waals surface area contributed by atoms with E-state index in [2.05, 4.69) is 133 Å². The lowest BCUT2D eigenvalue weighted by Gasteiger charge is -2.06. The van der Waals surface area contributed by atoms with E-state index in [0.717, 1.165) is 0 Å². The summed E-state index contributed by atoms with van der Waals surface area (Å²) >= 11 is 3.89. The highest BCUT2D eigenvalue weighted by atomic mass is 32.1. The molecule has 0 unspecified atom stereocenters. The van der Waals surface area contributed by atoms with Crippen LogP contribution in [0, 0.1) is 0 Å². The van der Waals surface area contributed by atoms with Crippen LogP contribution >= 0.6 is 22.7 Å². The Bertz CT molecular complexity index is 2420. The standard InChI is InChI=1S/C38H22S2/c1-2-8-23(9-3-1)27-16-18-31-33(21-27)39-37-35(31)29-12-6-7-13-30(29)36-32-19-17-28(22-34(32)40-38(36)37)26-15-14-24-10-4-5-11-25(24)20-26/h1-22H. The topological polar surface area (TPSA) is 0 Å². The second-order valence-corrected chi connectivity index (χ2v) is 12.6. The van der Waals surface area contributed by atoms with Crippen molar-refractivity contribution in [1.82, 2.24) is 0 Å². The maximum absolute atomic E-state index is 2.39. The van der Waals surface area contributed by atoms with Crippen LogP contribution in [0.4, 0.5) is 0 Å². The van der Waals surface area contributed by atoms with Crippen LogP contribution in [0.25, 0.3) is 84.1 Å². The van der Waals surface area contributed by atoms with Gasteiger partial charge in [0.1, 0.15) is 0 Å². The maximum atomic E-state index is 2.39. The van der Waals surface area contributed by atoms with E-state index in [-0.39, 0.29) is 0 Å². The third-order valence-corrected chi connectivity index (χ3v) is 10.7. The van der Waals surface area contributed by atoms with Gasteiger partial charge < -0.3 is 0 Å². The summed E-state index contributed by atoms with van der Waals surface area (Å²) in [6, 6.07) is 49.1. The maximum Gasteiger partial charge on any atom is 0.0540 e. The molecule has 0 nitrogen and oxygen atoms in total.